The predicted octanol–water partition coefficient (Wildman–Crippen LogP) is 4.71. The van der Waals surface area contributed by atoms with E-state index < -0.39 is 12.1 Å². The van der Waals surface area contributed by atoms with Crippen LogP contribution in [0.15, 0.2) is 65.9 Å². The van der Waals surface area contributed by atoms with Gasteiger partial charge in [0, 0.05) is 11.7 Å². The minimum atomic E-state index is -0.962. The molecule has 6 heteroatoms. The SMILES string of the molecule is CC/C(=N\OCCn1ccc2ccccc21)c1ccc(OC(CC)C(=O)O)cc1. The monoisotopic (exact) mass is 394 g/mol. The van der Waals surface area contributed by atoms with E-state index in [9.17, 15) is 4.79 Å². The first kappa shape index (κ1) is 20.5. The van der Waals surface area contributed by atoms with Crippen molar-refractivity contribution in [1.82, 2.24) is 4.57 Å². The Morgan fingerprint density at radius 2 is 1.86 bits per heavy atom. The van der Waals surface area contributed by atoms with Crippen molar-refractivity contribution in [2.75, 3.05) is 6.61 Å². The lowest BCUT2D eigenvalue weighted by molar-refractivity contribution is -0.145. The summed E-state index contributed by atoms with van der Waals surface area (Å²) in [4.78, 5) is 16.7. The minimum Gasteiger partial charge on any atom is -0.479 e. The lowest BCUT2D eigenvalue weighted by Gasteiger charge is -2.13. The minimum absolute atomic E-state index is 0.406. The number of para-hydroxylation sites is 1. The van der Waals surface area contributed by atoms with E-state index in [1.54, 1.807) is 19.1 Å². The maximum Gasteiger partial charge on any atom is 0.344 e. The van der Waals surface area contributed by atoms with Crippen LogP contribution in [-0.2, 0) is 16.2 Å². The summed E-state index contributed by atoms with van der Waals surface area (Å²) in [5.41, 5.74) is 2.94. The second kappa shape index (κ2) is 9.78. The molecule has 0 aliphatic heterocycles. The highest BCUT2D eigenvalue weighted by Crippen LogP contribution is 2.17. The molecule has 0 spiro atoms. The van der Waals surface area contributed by atoms with Crippen molar-refractivity contribution in [2.24, 2.45) is 5.16 Å². The van der Waals surface area contributed by atoms with Gasteiger partial charge in [0.2, 0.25) is 0 Å². The molecule has 1 atom stereocenters. The molecule has 0 aliphatic rings. The van der Waals surface area contributed by atoms with Gasteiger partial charge in [0.15, 0.2) is 6.10 Å². The standard InChI is InChI=1S/C23H26N2O4/c1-3-20(17-9-11-19(12-10-17)29-22(4-2)23(26)27)24-28-16-15-25-14-13-18-7-5-6-8-21(18)25/h5-14,22H,3-4,15-16H2,1-2H3,(H,26,27)/b24-20+. The number of oxime groups is 1. The third-order valence-corrected chi connectivity index (χ3v) is 4.73. The van der Waals surface area contributed by atoms with Crippen LogP contribution >= 0.6 is 0 Å². The highest BCUT2D eigenvalue weighted by molar-refractivity contribution is 6.00. The van der Waals surface area contributed by atoms with Crippen molar-refractivity contribution in [3.8, 4) is 5.75 Å². The third-order valence-electron chi connectivity index (χ3n) is 4.73. The van der Waals surface area contributed by atoms with Crippen LogP contribution in [0.4, 0.5) is 0 Å². The molecule has 1 unspecified atom stereocenters. The van der Waals surface area contributed by atoms with Crippen molar-refractivity contribution in [3.63, 3.8) is 0 Å². The van der Waals surface area contributed by atoms with Gasteiger partial charge in [-0.15, -0.1) is 0 Å². The summed E-state index contributed by atoms with van der Waals surface area (Å²) in [5.74, 6) is -0.435. The van der Waals surface area contributed by atoms with Gasteiger partial charge in [-0.1, -0.05) is 37.2 Å². The number of benzene rings is 2. The second-order valence-electron chi connectivity index (χ2n) is 6.67. The maximum absolute atomic E-state index is 11.1. The Kier molecular flexibility index (Phi) is 6.89. The van der Waals surface area contributed by atoms with Crippen molar-refractivity contribution < 1.29 is 19.5 Å². The van der Waals surface area contributed by atoms with Gasteiger partial charge >= 0.3 is 5.97 Å². The fourth-order valence-electron chi connectivity index (χ4n) is 3.12. The molecular weight excluding hydrogens is 368 g/mol. The quantitative estimate of drug-likeness (QED) is 0.307. The molecular formula is C23H26N2O4. The Labute approximate surface area is 170 Å². The van der Waals surface area contributed by atoms with Gasteiger partial charge in [-0.05, 0) is 60.2 Å². The molecule has 0 radical (unpaired) electrons. The van der Waals surface area contributed by atoms with Crippen molar-refractivity contribution in [1.29, 1.82) is 0 Å². The Hall–Kier alpha value is -3.28. The number of hydrogen-bond acceptors (Lipinski definition) is 4. The number of nitrogens with zero attached hydrogens (tertiary/aromatic N) is 2. The van der Waals surface area contributed by atoms with Crippen molar-refractivity contribution in [3.05, 3.63) is 66.4 Å². The molecule has 0 saturated carbocycles. The highest BCUT2D eigenvalue weighted by Gasteiger charge is 2.16. The van der Waals surface area contributed by atoms with E-state index in [0.717, 1.165) is 17.7 Å². The van der Waals surface area contributed by atoms with E-state index in [2.05, 4.69) is 34.1 Å². The van der Waals surface area contributed by atoms with E-state index in [-0.39, 0.29) is 0 Å². The molecule has 0 aliphatic carbocycles. The van der Waals surface area contributed by atoms with Crippen LogP contribution in [0, 0.1) is 0 Å². The number of carboxylic acids is 1. The summed E-state index contributed by atoms with van der Waals surface area (Å²) in [5, 5.41) is 14.6. The summed E-state index contributed by atoms with van der Waals surface area (Å²) < 4.78 is 7.64. The topological polar surface area (TPSA) is 73.0 Å². The maximum atomic E-state index is 11.1. The Morgan fingerprint density at radius 3 is 2.55 bits per heavy atom. The zero-order chi connectivity index (χ0) is 20.6. The summed E-state index contributed by atoms with van der Waals surface area (Å²) in [6, 6.07) is 17.6. The molecule has 6 nitrogen and oxygen atoms in total. The van der Waals surface area contributed by atoms with E-state index >= 15 is 0 Å². The van der Waals surface area contributed by atoms with Crippen molar-refractivity contribution >= 4 is 22.6 Å². The summed E-state index contributed by atoms with van der Waals surface area (Å²) in [7, 11) is 0. The van der Waals surface area contributed by atoms with Gasteiger partial charge in [-0.25, -0.2) is 4.79 Å². The number of fused-ring (bicyclic) bond motifs is 1. The number of hydrogen-bond donors (Lipinski definition) is 1. The molecule has 1 heterocycles. The molecule has 0 amide bonds. The van der Waals surface area contributed by atoms with Crippen LogP contribution in [0.25, 0.3) is 10.9 Å². The zero-order valence-electron chi connectivity index (χ0n) is 16.7. The molecule has 0 fully saturated rings. The Bertz CT molecular complexity index is 976. The number of carboxylic acid groups (broad SMARTS) is 1. The van der Waals surface area contributed by atoms with Gasteiger partial charge in [-0.3, -0.25) is 0 Å². The van der Waals surface area contributed by atoms with Crippen molar-refractivity contribution in [2.45, 2.75) is 39.3 Å². The second-order valence-corrected chi connectivity index (χ2v) is 6.67. The van der Waals surface area contributed by atoms with E-state index in [4.69, 9.17) is 14.7 Å². The van der Waals surface area contributed by atoms with Gasteiger partial charge in [0.05, 0.1) is 12.3 Å². The predicted molar refractivity (Wildman–Crippen MR) is 114 cm³/mol. The van der Waals surface area contributed by atoms with Crippen LogP contribution in [0.2, 0.25) is 0 Å². The van der Waals surface area contributed by atoms with Gasteiger partial charge in [0.25, 0.3) is 0 Å². The summed E-state index contributed by atoms with van der Waals surface area (Å²) in [6.07, 6.45) is 2.34. The zero-order valence-corrected chi connectivity index (χ0v) is 16.7. The van der Waals surface area contributed by atoms with Crippen LogP contribution in [0.3, 0.4) is 0 Å². The lowest BCUT2D eigenvalue weighted by atomic mass is 10.1. The average Bonchev–Trinajstić information content (AvgIpc) is 3.15. The largest absolute Gasteiger partial charge is 0.479 e. The summed E-state index contributed by atoms with van der Waals surface area (Å²) in [6.45, 7) is 4.99. The van der Waals surface area contributed by atoms with E-state index in [1.807, 2.05) is 31.2 Å². The van der Waals surface area contributed by atoms with Crippen LogP contribution < -0.4 is 4.74 Å². The van der Waals surface area contributed by atoms with Gasteiger partial charge < -0.3 is 19.2 Å². The van der Waals surface area contributed by atoms with Crippen LogP contribution in [0.5, 0.6) is 5.75 Å². The lowest BCUT2D eigenvalue weighted by Crippen LogP contribution is -2.25. The Morgan fingerprint density at radius 1 is 1.10 bits per heavy atom. The fourth-order valence-corrected chi connectivity index (χ4v) is 3.12. The van der Waals surface area contributed by atoms with Crippen LogP contribution in [0.1, 0.15) is 32.3 Å². The number of aromatic nitrogens is 1. The smallest absolute Gasteiger partial charge is 0.344 e. The average molecular weight is 394 g/mol. The van der Waals surface area contributed by atoms with Gasteiger partial charge in [0.1, 0.15) is 12.4 Å². The molecule has 1 N–H and O–H groups in total. The molecule has 0 saturated heterocycles. The van der Waals surface area contributed by atoms with Gasteiger partial charge in [-0.2, -0.15) is 0 Å². The molecule has 3 aromatic rings. The fraction of sp³-hybridized carbons (Fsp3) is 0.304. The highest BCUT2D eigenvalue weighted by atomic mass is 16.6. The summed E-state index contributed by atoms with van der Waals surface area (Å²) >= 11 is 0. The van der Waals surface area contributed by atoms with Crippen LogP contribution in [-0.4, -0.2) is 34.1 Å². The molecule has 1 aromatic heterocycles. The number of rotatable bonds is 10. The first-order chi connectivity index (χ1) is 14.1. The number of carbonyl (C=O) groups is 1. The molecule has 29 heavy (non-hydrogen) atoms. The third kappa shape index (κ3) is 5.16. The molecule has 152 valence electrons. The first-order valence-electron chi connectivity index (χ1n) is 9.85. The number of ether oxygens (including phenoxy) is 1. The number of aliphatic carboxylic acids is 1. The first-order valence-corrected chi connectivity index (χ1v) is 9.85. The van der Waals surface area contributed by atoms with E-state index in [1.165, 1.54) is 10.9 Å². The molecule has 2 aromatic carbocycles. The Balaban J connectivity index is 1.58. The molecule has 3 rings (SSSR count). The molecule has 0 bridgehead atoms. The van der Waals surface area contributed by atoms with E-state index in [0.29, 0.717) is 25.3 Å². The normalized spacial score (nSPS) is 12.7.